The number of hydrogen-bond acceptors (Lipinski definition) is 8. The molecule has 0 aromatic carbocycles. The maximum absolute atomic E-state index is 11.6. The van der Waals surface area contributed by atoms with Crippen molar-refractivity contribution in [2.75, 3.05) is 6.61 Å². The molecule has 1 fully saturated rings. The fourth-order valence-corrected chi connectivity index (χ4v) is 2.66. The summed E-state index contributed by atoms with van der Waals surface area (Å²) in [7, 11) is -4.74. The number of nitrogens with one attached hydrogen (secondary N) is 1. The summed E-state index contributed by atoms with van der Waals surface area (Å²) in [5.41, 5.74) is -0.336. The third-order valence-electron chi connectivity index (χ3n) is 3.38. The molecule has 12 nitrogen and oxygen atoms in total. The minimum Gasteiger partial charge on any atom is -0.387 e. The van der Waals surface area contributed by atoms with Crippen LogP contribution in [0.1, 0.15) is 6.23 Å². The number of phosphoric ester groups is 1. The third kappa shape index (κ3) is 3.78. The van der Waals surface area contributed by atoms with Gasteiger partial charge in [-0.15, -0.1) is 0 Å². The first-order valence-electron chi connectivity index (χ1n) is 6.40. The second-order valence-electron chi connectivity index (χ2n) is 4.89. The van der Waals surface area contributed by atoms with Crippen molar-refractivity contribution < 1.29 is 33.8 Å². The number of aliphatic hydroxyl groups is 2. The average Bonchev–Trinajstić information content (AvgIpc) is 3.01. The summed E-state index contributed by atoms with van der Waals surface area (Å²) in [4.78, 5) is 39.1. The second-order valence-corrected chi connectivity index (χ2v) is 6.13. The average molecular weight is 371 g/mol. The molecule has 5 N–H and O–H groups in total. The van der Waals surface area contributed by atoms with Crippen LogP contribution in [0, 0.1) is 0 Å². The molecule has 127 valence electrons. The molecule has 3 heterocycles. The fraction of sp³-hybridized carbons (Fsp3) is 0.500. The van der Waals surface area contributed by atoms with Gasteiger partial charge in [0.2, 0.25) is 0 Å². The van der Waals surface area contributed by atoms with Crippen LogP contribution in [-0.4, -0.2) is 94.0 Å². The number of aromatic amines is 1. The van der Waals surface area contributed by atoms with Crippen LogP contribution in [0.3, 0.4) is 0 Å². The summed E-state index contributed by atoms with van der Waals surface area (Å²) in [5.74, 6) is 0. The summed E-state index contributed by atoms with van der Waals surface area (Å²) in [6, 6.07) is 0. The van der Waals surface area contributed by atoms with Gasteiger partial charge in [-0.05, 0) is 0 Å². The third-order valence-corrected chi connectivity index (χ3v) is 3.87. The van der Waals surface area contributed by atoms with Crippen molar-refractivity contribution in [3.05, 3.63) is 23.0 Å². The molecule has 1 radical (unpaired) electrons. The van der Waals surface area contributed by atoms with Gasteiger partial charge >= 0.3 is 7.82 Å². The maximum atomic E-state index is 11.6. The van der Waals surface area contributed by atoms with Crippen molar-refractivity contribution in [3.63, 3.8) is 0 Å². The number of imidazole rings is 1. The van der Waals surface area contributed by atoms with E-state index in [1.165, 1.54) is 10.9 Å². The van der Waals surface area contributed by atoms with E-state index >= 15 is 0 Å². The Morgan fingerprint density at radius 2 is 2.04 bits per heavy atom. The van der Waals surface area contributed by atoms with E-state index in [-0.39, 0.29) is 40.7 Å². The van der Waals surface area contributed by atoms with Crippen molar-refractivity contribution in [3.8, 4) is 0 Å². The number of nitrogens with zero attached hydrogens (tertiary/aromatic N) is 3. The molecule has 1 saturated heterocycles. The smallest absolute Gasteiger partial charge is 0.387 e. The second kappa shape index (κ2) is 7.30. The van der Waals surface area contributed by atoms with Gasteiger partial charge in [-0.1, -0.05) is 0 Å². The van der Waals surface area contributed by atoms with E-state index in [1.807, 2.05) is 0 Å². The molecule has 0 amide bonds. The topological polar surface area (TPSA) is 180 Å². The summed E-state index contributed by atoms with van der Waals surface area (Å²) in [6.45, 7) is -0.625. The largest absolute Gasteiger partial charge is 0.469 e. The van der Waals surface area contributed by atoms with Crippen molar-refractivity contribution in [1.82, 2.24) is 19.5 Å². The first-order valence-corrected chi connectivity index (χ1v) is 7.93. The Labute approximate surface area is 156 Å². The van der Waals surface area contributed by atoms with E-state index in [0.29, 0.717) is 0 Å². The van der Waals surface area contributed by atoms with E-state index in [2.05, 4.69) is 19.5 Å². The minimum absolute atomic E-state index is 0. The molecule has 3 rings (SSSR count). The van der Waals surface area contributed by atoms with Crippen molar-refractivity contribution in [1.29, 1.82) is 0 Å². The van der Waals surface area contributed by atoms with Gasteiger partial charge in [-0.3, -0.25) is 13.9 Å². The van der Waals surface area contributed by atoms with Crippen LogP contribution in [0.5, 0.6) is 0 Å². The van der Waals surface area contributed by atoms with Gasteiger partial charge in [-0.2, -0.15) is 0 Å². The van der Waals surface area contributed by atoms with Gasteiger partial charge in [0.05, 0.1) is 19.3 Å². The molecule has 14 heteroatoms. The SMILES string of the molecule is O=c1[nH]cnc2c1ncn2C1OC(COP(=O)(O)O)C(O)C1O.[Na]. The molecular formula is C10H13N4NaO8P. The zero-order valence-corrected chi connectivity index (χ0v) is 15.3. The molecule has 2 aromatic rings. The molecule has 24 heavy (non-hydrogen) atoms. The van der Waals surface area contributed by atoms with Gasteiger partial charge in [0, 0.05) is 29.6 Å². The number of phosphoric acid groups is 1. The Morgan fingerprint density at radius 3 is 2.71 bits per heavy atom. The predicted molar refractivity (Wildman–Crippen MR) is 77.8 cm³/mol. The minimum atomic E-state index is -4.74. The first kappa shape index (κ1) is 19.7. The molecule has 0 saturated carbocycles. The Bertz CT molecular complexity index is 821. The monoisotopic (exact) mass is 371 g/mol. The van der Waals surface area contributed by atoms with Crippen LogP contribution in [0.2, 0.25) is 0 Å². The van der Waals surface area contributed by atoms with Crippen LogP contribution in [0.15, 0.2) is 17.4 Å². The van der Waals surface area contributed by atoms with Crippen LogP contribution in [0.25, 0.3) is 11.2 Å². The number of ether oxygens (including phenoxy) is 1. The van der Waals surface area contributed by atoms with E-state index in [0.717, 1.165) is 6.33 Å². The molecule has 2 aromatic heterocycles. The van der Waals surface area contributed by atoms with Crippen LogP contribution in [0.4, 0.5) is 0 Å². The van der Waals surface area contributed by atoms with Gasteiger partial charge < -0.3 is 29.7 Å². The Balaban J connectivity index is 0.00000208. The Kier molecular flexibility index (Phi) is 5.98. The molecule has 4 atom stereocenters. The normalized spacial score (nSPS) is 27.3. The molecule has 0 aliphatic carbocycles. The van der Waals surface area contributed by atoms with Gasteiger partial charge in [0.25, 0.3) is 5.56 Å². The zero-order chi connectivity index (χ0) is 16.8. The number of aliphatic hydroxyl groups excluding tert-OH is 2. The zero-order valence-electron chi connectivity index (χ0n) is 12.4. The van der Waals surface area contributed by atoms with Crippen molar-refractivity contribution in [2.24, 2.45) is 0 Å². The molecular weight excluding hydrogens is 358 g/mol. The summed E-state index contributed by atoms with van der Waals surface area (Å²) < 4.78 is 21.6. The van der Waals surface area contributed by atoms with Gasteiger partial charge in [0.1, 0.15) is 18.3 Å². The van der Waals surface area contributed by atoms with Crippen LogP contribution in [-0.2, 0) is 13.8 Å². The Morgan fingerprint density at radius 1 is 1.33 bits per heavy atom. The van der Waals surface area contributed by atoms with E-state index in [9.17, 15) is 19.6 Å². The molecule has 1 aliphatic rings. The molecule has 0 spiro atoms. The van der Waals surface area contributed by atoms with Gasteiger partial charge in [0.15, 0.2) is 17.4 Å². The number of hydrogen-bond donors (Lipinski definition) is 5. The standard InChI is InChI=1S/C10H13N4O8P.Na/c15-6-4(1-21-23(18,19)20)22-10(7(6)16)14-3-13-5-8(14)11-2-12-9(5)17;/h2-4,6-7,10,15-16H,1H2,(H,11,12,17)(H2,18,19,20);. The molecule has 4 unspecified atom stereocenters. The number of fused-ring (bicyclic) bond motifs is 1. The summed E-state index contributed by atoms with van der Waals surface area (Å²) in [6.07, 6.45) is -2.85. The predicted octanol–water partition coefficient (Wildman–Crippen LogP) is -2.53. The van der Waals surface area contributed by atoms with Crippen molar-refractivity contribution >= 4 is 48.5 Å². The number of H-pyrrole nitrogens is 1. The van der Waals surface area contributed by atoms with Crippen LogP contribution < -0.4 is 5.56 Å². The summed E-state index contributed by atoms with van der Waals surface area (Å²) in [5, 5.41) is 20.0. The summed E-state index contributed by atoms with van der Waals surface area (Å²) >= 11 is 0. The quantitative estimate of drug-likeness (QED) is 0.284. The van der Waals surface area contributed by atoms with Crippen molar-refractivity contribution in [2.45, 2.75) is 24.5 Å². The maximum Gasteiger partial charge on any atom is 0.469 e. The van der Waals surface area contributed by atoms with Crippen LogP contribution >= 0.6 is 7.82 Å². The fourth-order valence-electron chi connectivity index (χ4n) is 2.32. The number of rotatable bonds is 4. The molecule has 0 bridgehead atoms. The van der Waals surface area contributed by atoms with E-state index in [4.69, 9.17) is 14.5 Å². The first-order chi connectivity index (χ1) is 10.8. The molecule has 1 aliphatic heterocycles. The van der Waals surface area contributed by atoms with E-state index < -0.39 is 44.5 Å². The van der Waals surface area contributed by atoms with E-state index in [1.54, 1.807) is 0 Å². The van der Waals surface area contributed by atoms with Gasteiger partial charge in [-0.25, -0.2) is 14.5 Å². The number of aromatic nitrogens is 4. The Hall–Kier alpha value is -0.660.